The second kappa shape index (κ2) is 6.31. The summed E-state index contributed by atoms with van der Waals surface area (Å²) in [7, 11) is 2.02. The van der Waals surface area contributed by atoms with Crippen LogP contribution in [0.1, 0.15) is 29.2 Å². The molecule has 2 aromatic rings. The van der Waals surface area contributed by atoms with Gasteiger partial charge in [0, 0.05) is 18.4 Å². The molecule has 1 heterocycles. The fourth-order valence-corrected chi connectivity index (χ4v) is 2.22. The molecular formula is C16H20N2. The van der Waals surface area contributed by atoms with Gasteiger partial charge in [-0.25, -0.2) is 0 Å². The Bertz CT molecular complexity index is 479. The van der Waals surface area contributed by atoms with Crippen LogP contribution >= 0.6 is 0 Å². The lowest BCUT2D eigenvalue weighted by Crippen LogP contribution is -2.17. The Kier molecular flexibility index (Phi) is 4.48. The molecule has 0 aliphatic heterocycles. The van der Waals surface area contributed by atoms with Crippen molar-refractivity contribution in [3.05, 3.63) is 65.5 Å². The van der Waals surface area contributed by atoms with Crippen LogP contribution in [0.5, 0.6) is 0 Å². The molecule has 2 heteroatoms. The number of nitrogens with one attached hydrogen (secondary N) is 1. The molecule has 1 atom stereocenters. The number of hydrogen-bond acceptors (Lipinski definition) is 2. The molecule has 0 aliphatic rings. The van der Waals surface area contributed by atoms with Crippen LogP contribution in [0.4, 0.5) is 0 Å². The molecule has 0 saturated heterocycles. The standard InChI is InChI=1S/C16H20N2/c1-13-10-11-18-12-15(13)8-9-16(17-2)14-6-4-3-5-7-14/h3-7,10-12,16-17H,8-9H2,1-2H3. The monoisotopic (exact) mass is 240 g/mol. The van der Waals surface area contributed by atoms with E-state index >= 15 is 0 Å². The molecule has 0 bridgehead atoms. The molecule has 0 saturated carbocycles. The number of rotatable bonds is 5. The van der Waals surface area contributed by atoms with Gasteiger partial charge >= 0.3 is 0 Å². The predicted octanol–water partition coefficient (Wildman–Crippen LogP) is 3.28. The van der Waals surface area contributed by atoms with Gasteiger partial charge in [0.25, 0.3) is 0 Å². The lowest BCUT2D eigenvalue weighted by Gasteiger charge is -2.17. The number of aromatic nitrogens is 1. The molecule has 18 heavy (non-hydrogen) atoms. The molecule has 0 radical (unpaired) electrons. The normalized spacial score (nSPS) is 12.3. The van der Waals surface area contributed by atoms with E-state index in [0.29, 0.717) is 6.04 Å². The number of hydrogen-bond donors (Lipinski definition) is 1. The summed E-state index contributed by atoms with van der Waals surface area (Å²) < 4.78 is 0. The van der Waals surface area contributed by atoms with Gasteiger partial charge in [-0.2, -0.15) is 0 Å². The van der Waals surface area contributed by atoms with E-state index in [4.69, 9.17) is 0 Å². The fourth-order valence-electron chi connectivity index (χ4n) is 2.22. The van der Waals surface area contributed by atoms with E-state index in [1.165, 1.54) is 16.7 Å². The molecule has 1 unspecified atom stereocenters. The highest BCUT2D eigenvalue weighted by molar-refractivity contribution is 5.23. The summed E-state index contributed by atoms with van der Waals surface area (Å²) in [6, 6.07) is 13.1. The maximum Gasteiger partial charge on any atom is 0.0320 e. The van der Waals surface area contributed by atoms with E-state index in [1.807, 2.05) is 19.4 Å². The average molecular weight is 240 g/mol. The third-order valence-corrected chi connectivity index (χ3v) is 3.40. The summed E-state index contributed by atoms with van der Waals surface area (Å²) in [6.45, 7) is 2.15. The summed E-state index contributed by atoms with van der Waals surface area (Å²) >= 11 is 0. The van der Waals surface area contributed by atoms with Crippen molar-refractivity contribution in [1.29, 1.82) is 0 Å². The third-order valence-electron chi connectivity index (χ3n) is 3.40. The van der Waals surface area contributed by atoms with Gasteiger partial charge in [0.15, 0.2) is 0 Å². The van der Waals surface area contributed by atoms with E-state index in [-0.39, 0.29) is 0 Å². The van der Waals surface area contributed by atoms with Gasteiger partial charge < -0.3 is 5.32 Å². The van der Waals surface area contributed by atoms with Crippen molar-refractivity contribution in [2.75, 3.05) is 7.05 Å². The SMILES string of the molecule is CNC(CCc1cnccc1C)c1ccccc1. The van der Waals surface area contributed by atoms with Gasteiger partial charge in [0.05, 0.1) is 0 Å². The summed E-state index contributed by atoms with van der Waals surface area (Å²) in [6.07, 6.45) is 5.98. The van der Waals surface area contributed by atoms with Crippen molar-refractivity contribution in [1.82, 2.24) is 10.3 Å². The Morgan fingerprint density at radius 1 is 1.17 bits per heavy atom. The molecule has 1 aromatic carbocycles. The first-order valence-electron chi connectivity index (χ1n) is 6.43. The topological polar surface area (TPSA) is 24.9 Å². The molecule has 2 nitrogen and oxygen atoms in total. The average Bonchev–Trinajstić information content (AvgIpc) is 2.42. The molecule has 0 fully saturated rings. The summed E-state index contributed by atoms with van der Waals surface area (Å²) in [5, 5.41) is 3.39. The number of nitrogens with zero attached hydrogens (tertiary/aromatic N) is 1. The Labute approximate surface area is 109 Å². The first kappa shape index (κ1) is 12.8. The minimum Gasteiger partial charge on any atom is -0.313 e. The summed E-state index contributed by atoms with van der Waals surface area (Å²) in [5.74, 6) is 0. The molecule has 0 amide bonds. The van der Waals surface area contributed by atoms with Crippen LogP contribution in [0.2, 0.25) is 0 Å². The second-order valence-electron chi connectivity index (χ2n) is 4.59. The minimum absolute atomic E-state index is 0.408. The zero-order chi connectivity index (χ0) is 12.8. The fraction of sp³-hybridized carbons (Fsp3) is 0.312. The Hall–Kier alpha value is -1.67. The van der Waals surface area contributed by atoms with Crippen LogP contribution in [0.3, 0.4) is 0 Å². The van der Waals surface area contributed by atoms with Crippen molar-refractivity contribution in [3.63, 3.8) is 0 Å². The van der Waals surface area contributed by atoms with Gasteiger partial charge in [-0.05, 0) is 49.6 Å². The number of pyridine rings is 1. The van der Waals surface area contributed by atoms with E-state index < -0.39 is 0 Å². The van der Waals surface area contributed by atoms with Crippen LogP contribution in [-0.2, 0) is 6.42 Å². The maximum absolute atomic E-state index is 4.20. The quantitative estimate of drug-likeness (QED) is 0.867. The maximum atomic E-state index is 4.20. The van der Waals surface area contributed by atoms with Gasteiger partial charge in [-0.15, -0.1) is 0 Å². The smallest absolute Gasteiger partial charge is 0.0320 e. The predicted molar refractivity (Wildman–Crippen MR) is 75.5 cm³/mol. The van der Waals surface area contributed by atoms with Crippen molar-refractivity contribution in [2.45, 2.75) is 25.8 Å². The summed E-state index contributed by atoms with van der Waals surface area (Å²) in [5.41, 5.74) is 4.02. The molecule has 0 aliphatic carbocycles. The van der Waals surface area contributed by atoms with Crippen molar-refractivity contribution in [3.8, 4) is 0 Å². The molecular weight excluding hydrogens is 220 g/mol. The van der Waals surface area contributed by atoms with E-state index in [9.17, 15) is 0 Å². The first-order valence-corrected chi connectivity index (χ1v) is 6.43. The Balaban J connectivity index is 2.02. The Morgan fingerprint density at radius 2 is 1.94 bits per heavy atom. The van der Waals surface area contributed by atoms with Crippen LogP contribution in [0.15, 0.2) is 48.8 Å². The largest absolute Gasteiger partial charge is 0.313 e. The van der Waals surface area contributed by atoms with E-state index in [1.54, 1.807) is 0 Å². The van der Waals surface area contributed by atoms with Crippen molar-refractivity contribution >= 4 is 0 Å². The van der Waals surface area contributed by atoms with Crippen LogP contribution in [-0.4, -0.2) is 12.0 Å². The van der Waals surface area contributed by atoms with Crippen LogP contribution in [0.25, 0.3) is 0 Å². The molecule has 1 N–H and O–H groups in total. The summed E-state index contributed by atoms with van der Waals surface area (Å²) in [4.78, 5) is 4.20. The lowest BCUT2D eigenvalue weighted by atomic mass is 9.98. The second-order valence-corrected chi connectivity index (χ2v) is 4.59. The van der Waals surface area contributed by atoms with E-state index in [0.717, 1.165) is 12.8 Å². The number of aryl methyl sites for hydroxylation is 2. The number of benzene rings is 1. The molecule has 1 aromatic heterocycles. The van der Waals surface area contributed by atoms with Crippen LogP contribution in [0, 0.1) is 6.92 Å². The molecule has 2 rings (SSSR count). The molecule has 94 valence electrons. The highest BCUT2D eigenvalue weighted by atomic mass is 14.9. The van der Waals surface area contributed by atoms with Gasteiger partial charge in [0.1, 0.15) is 0 Å². The lowest BCUT2D eigenvalue weighted by molar-refractivity contribution is 0.548. The first-order chi connectivity index (χ1) is 8.81. The Morgan fingerprint density at radius 3 is 2.61 bits per heavy atom. The van der Waals surface area contributed by atoms with E-state index in [2.05, 4.69) is 53.6 Å². The minimum atomic E-state index is 0.408. The zero-order valence-corrected chi connectivity index (χ0v) is 11.1. The molecule has 0 spiro atoms. The van der Waals surface area contributed by atoms with Crippen molar-refractivity contribution in [2.24, 2.45) is 0 Å². The third kappa shape index (κ3) is 3.17. The van der Waals surface area contributed by atoms with Gasteiger partial charge in [0.2, 0.25) is 0 Å². The van der Waals surface area contributed by atoms with Crippen LogP contribution < -0.4 is 5.32 Å². The highest BCUT2D eigenvalue weighted by Crippen LogP contribution is 2.19. The van der Waals surface area contributed by atoms with Gasteiger partial charge in [-0.3, -0.25) is 4.98 Å². The van der Waals surface area contributed by atoms with Crippen molar-refractivity contribution < 1.29 is 0 Å². The highest BCUT2D eigenvalue weighted by Gasteiger charge is 2.09. The van der Waals surface area contributed by atoms with Gasteiger partial charge in [-0.1, -0.05) is 30.3 Å². The zero-order valence-electron chi connectivity index (χ0n) is 11.1.